The van der Waals surface area contributed by atoms with Crippen molar-refractivity contribution in [2.75, 3.05) is 6.54 Å². The van der Waals surface area contributed by atoms with Crippen molar-refractivity contribution >= 4 is 0 Å². The van der Waals surface area contributed by atoms with E-state index in [1.165, 1.54) is 5.57 Å². The Labute approximate surface area is 57.5 Å². The number of rotatable bonds is 0. The van der Waals surface area contributed by atoms with Crippen LogP contribution in [0.2, 0.25) is 0 Å². The van der Waals surface area contributed by atoms with Gasteiger partial charge >= 0.3 is 0 Å². The fourth-order valence-electron chi connectivity index (χ4n) is 0.559. The normalized spacial score (nSPS) is 14.8. The lowest BCUT2D eigenvalue weighted by Crippen LogP contribution is -2.10. The monoisotopic (exact) mass is 125 g/mol. The number of dihydropyridines is 1. The number of hydrogen-bond donors (Lipinski definition) is 1. The van der Waals surface area contributed by atoms with Crippen molar-refractivity contribution in [3.05, 3.63) is 23.9 Å². The SMILES string of the molecule is CC.CC1=CC=CNC1. The van der Waals surface area contributed by atoms with Gasteiger partial charge in [-0.05, 0) is 19.2 Å². The van der Waals surface area contributed by atoms with Crippen molar-refractivity contribution < 1.29 is 0 Å². The van der Waals surface area contributed by atoms with Gasteiger partial charge in [-0.25, -0.2) is 0 Å². The standard InChI is InChI=1S/C6H9N.C2H6/c1-6-3-2-4-7-5-6;1-2/h2-4,7H,5H2,1H3;1-2H3. The molecule has 1 aliphatic heterocycles. The topological polar surface area (TPSA) is 12.0 Å². The molecule has 0 radical (unpaired) electrons. The quantitative estimate of drug-likeness (QED) is 0.522. The van der Waals surface area contributed by atoms with Gasteiger partial charge in [-0.3, -0.25) is 0 Å². The lowest BCUT2D eigenvalue weighted by Gasteiger charge is -2.02. The van der Waals surface area contributed by atoms with Gasteiger partial charge in [0.1, 0.15) is 0 Å². The first-order valence-electron chi connectivity index (χ1n) is 3.45. The third kappa shape index (κ3) is 3.83. The van der Waals surface area contributed by atoms with E-state index in [2.05, 4.69) is 18.3 Å². The van der Waals surface area contributed by atoms with E-state index in [1.807, 2.05) is 26.1 Å². The maximum Gasteiger partial charge on any atom is 0.0355 e. The highest BCUT2D eigenvalue weighted by Gasteiger charge is 1.86. The van der Waals surface area contributed by atoms with E-state index in [0.29, 0.717) is 0 Å². The fraction of sp³-hybridized carbons (Fsp3) is 0.500. The Balaban J connectivity index is 0.000000291. The summed E-state index contributed by atoms with van der Waals surface area (Å²) in [4.78, 5) is 0. The van der Waals surface area contributed by atoms with E-state index in [9.17, 15) is 0 Å². The van der Waals surface area contributed by atoms with Crippen molar-refractivity contribution in [1.29, 1.82) is 0 Å². The maximum atomic E-state index is 3.09. The van der Waals surface area contributed by atoms with Crippen molar-refractivity contribution in [3.8, 4) is 0 Å². The molecule has 0 fully saturated rings. The summed E-state index contributed by atoms with van der Waals surface area (Å²) in [5.41, 5.74) is 1.39. The number of hydrogen-bond acceptors (Lipinski definition) is 1. The highest BCUT2D eigenvalue weighted by Crippen LogP contribution is 1.93. The Hall–Kier alpha value is -0.720. The molecule has 0 bridgehead atoms. The highest BCUT2D eigenvalue weighted by molar-refractivity contribution is 5.15. The molecule has 1 nitrogen and oxygen atoms in total. The van der Waals surface area contributed by atoms with Gasteiger partial charge in [-0.2, -0.15) is 0 Å². The summed E-state index contributed by atoms with van der Waals surface area (Å²) in [5.74, 6) is 0. The maximum absolute atomic E-state index is 3.09. The minimum Gasteiger partial charge on any atom is -0.387 e. The first-order chi connectivity index (χ1) is 4.39. The minimum atomic E-state index is 1.01. The molecule has 0 spiro atoms. The van der Waals surface area contributed by atoms with Gasteiger partial charge in [0.05, 0.1) is 0 Å². The molecule has 0 aliphatic carbocycles. The summed E-state index contributed by atoms with van der Waals surface area (Å²) < 4.78 is 0. The third-order valence-electron chi connectivity index (χ3n) is 0.976. The van der Waals surface area contributed by atoms with Gasteiger partial charge in [-0.1, -0.05) is 25.5 Å². The van der Waals surface area contributed by atoms with Crippen molar-refractivity contribution in [2.45, 2.75) is 20.8 Å². The molecule has 1 aliphatic rings. The Morgan fingerprint density at radius 1 is 1.44 bits per heavy atom. The zero-order chi connectivity index (χ0) is 7.11. The van der Waals surface area contributed by atoms with Crippen LogP contribution in [0.1, 0.15) is 20.8 Å². The number of allylic oxidation sites excluding steroid dienone is 2. The van der Waals surface area contributed by atoms with Crippen LogP contribution in [0.5, 0.6) is 0 Å². The predicted molar refractivity (Wildman–Crippen MR) is 42.2 cm³/mol. The van der Waals surface area contributed by atoms with Crippen molar-refractivity contribution in [3.63, 3.8) is 0 Å². The molecule has 0 saturated carbocycles. The van der Waals surface area contributed by atoms with Gasteiger partial charge in [0.2, 0.25) is 0 Å². The second-order valence-electron chi connectivity index (χ2n) is 1.75. The van der Waals surface area contributed by atoms with Crippen molar-refractivity contribution in [1.82, 2.24) is 5.32 Å². The van der Waals surface area contributed by atoms with Crippen LogP contribution in [0.15, 0.2) is 23.9 Å². The van der Waals surface area contributed by atoms with E-state index in [0.717, 1.165) is 6.54 Å². The minimum absolute atomic E-state index is 1.01. The van der Waals surface area contributed by atoms with Gasteiger partial charge in [-0.15, -0.1) is 0 Å². The molecular formula is C8H15N. The summed E-state index contributed by atoms with van der Waals surface area (Å²) >= 11 is 0. The predicted octanol–water partition coefficient (Wildman–Crippen LogP) is 2.08. The van der Waals surface area contributed by atoms with E-state index in [1.54, 1.807) is 0 Å². The third-order valence-corrected chi connectivity index (χ3v) is 0.976. The molecule has 1 rings (SSSR count). The zero-order valence-corrected chi connectivity index (χ0v) is 6.44. The Morgan fingerprint density at radius 3 is 2.33 bits per heavy atom. The molecule has 0 aromatic heterocycles. The average molecular weight is 125 g/mol. The molecule has 0 atom stereocenters. The van der Waals surface area contributed by atoms with Crippen molar-refractivity contribution in [2.24, 2.45) is 0 Å². The van der Waals surface area contributed by atoms with Crippen LogP contribution >= 0.6 is 0 Å². The Morgan fingerprint density at radius 2 is 2.11 bits per heavy atom. The van der Waals surface area contributed by atoms with E-state index in [4.69, 9.17) is 0 Å². The van der Waals surface area contributed by atoms with E-state index < -0.39 is 0 Å². The molecule has 0 aromatic rings. The summed E-state index contributed by atoms with van der Waals surface area (Å²) in [6.07, 6.45) is 6.07. The molecule has 0 amide bonds. The molecule has 9 heavy (non-hydrogen) atoms. The van der Waals surface area contributed by atoms with Gasteiger partial charge < -0.3 is 5.32 Å². The molecule has 1 N–H and O–H groups in total. The van der Waals surface area contributed by atoms with Crippen LogP contribution in [0.25, 0.3) is 0 Å². The lowest BCUT2D eigenvalue weighted by molar-refractivity contribution is 0.920. The van der Waals surface area contributed by atoms with Crippen LogP contribution in [-0.2, 0) is 0 Å². The Kier molecular flexibility index (Phi) is 4.98. The molecule has 0 saturated heterocycles. The summed E-state index contributed by atoms with van der Waals surface area (Å²) in [7, 11) is 0. The molecule has 1 heterocycles. The van der Waals surface area contributed by atoms with Crippen LogP contribution in [0.4, 0.5) is 0 Å². The molecular weight excluding hydrogens is 110 g/mol. The summed E-state index contributed by atoms with van der Waals surface area (Å²) in [5, 5.41) is 3.09. The van der Waals surface area contributed by atoms with Gasteiger partial charge in [0.15, 0.2) is 0 Å². The van der Waals surface area contributed by atoms with Crippen LogP contribution in [0.3, 0.4) is 0 Å². The molecule has 1 heteroatoms. The van der Waals surface area contributed by atoms with Gasteiger partial charge in [0.25, 0.3) is 0 Å². The molecule has 0 aromatic carbocycles. The largest absolute Gasteiger partial charge is 0.387 e. The first kappa shape index (κ1) is 8.28. The summed E-state index contributed by atoms with van der Waals surface area (Å²) in [6.45, 7) is 7.12. The first-order valence-corrected chi connectivity index (χ1v) is 3.45. The molecule has 0 unspecified atom stereocenters. The average Bonchev–Trinajstić information content (AvgIpc) is 1.94. The zero-order valence-electron chi connectivity index (χ0n) is 6.44. The van der Waals surface area contributed by atoms with Gasteiger partial charge in [0, 0.05) is 6.54 Å². The number of nitrogens with one attached hydrogen (secondary N) is 1. The second-order valence-corrected chi connectivity index (χ2v) is 1.75. The fourth-order valence-corrected chi connectivity index (χ4v) is 0.559. The van der Waals surface area contributed by atoms with E-state index in [-0.39, 0.29) is 0 Å². The lowest BCUT2D eigenvalue weighted by atomic mass is 10.2. The van der Waals surface area contributed by atoms with Crippen LogP contribution in [-0.4, -0.2) is 6.54 Å². The Bertz CT molecular complexity index is 112. The highest BCUT2D eigenvalue weighted by atomic mass is 14.8. The van der Waals surface area contributed by atoms with Crippen LogP contribution in [0, 0.1) is 0 Å². The van der Waals surface area contributed by atoms with E-state index >= 15 is 0 Å². The second kappa shape index (κ2) is 5.42. The summed E-state index contributed by atoms with van der Waals surface area (Å²) in [6, 6.07) is 0. The smallest absolute Gasteiger partial charge is 0.0355 e. The molecule has 52 valence electrons. The van der Waals surface area contributed by atoms with Crippen LogP contribution < -0.4 is 5.32 Å².